The van der Waals surface area contributed by atoms with E-state index in [9.17, 15) is 4.79 Å². The average molecular weight is 422 g/mol. The first-order chi connectivity index (χ1) is 14.6. The van der Waals surface area contributed by atoms with Gasteiger partial charge >= 0.3 is 0 Å². The molecule has 5 nitrogen and oxygen atoms in total. The molecule has 0 N–H and O–H groups in total. The van der Waals surface area contributed by atoms with Crippen LogP contribution < -0.4 is 10.3 Å². The molecule has 0 unspecified atom stereocenters. The van der Waals surface area contributed by atoms with Crippen molar-refractivity contribution in [2.24, 2.45) is 0 Å². The van der Waals surface area contributed by atoms with Crippen molar-refractivity contribution in [3.63, 3.8) is 0 Å². The molecular formula is C24H24ClN3O2. The number of aryl methyl sites for hydroxylation is 1. The molecular weight excluding hydrogens is 398 g/mol. The monoisotopic (exact) mass is 421 g/mol. The second-order valence-electron chi connectivity index (χ2n) is 7.26. The van der Waals surface area contributed by atoms with Gasteiger partial charge in [-0.15, -0.1) is 0 Å². The number of ether oxygens (including phenoxy) is 1. The minimum Gasteiger partial charge on any atom is -0.497 e. The Labute approximate surface area is 180 Å². The molecule has 2 aromatic carbocycles. The molecule has 0 atom stereocenters. The van der Waals surface area contributed by atoms with Gasteiger partial charge in [-0.05, 0) is 48.4 Å². The first-order valence-electron chi connectivity index (χ1n) is 10.1. The average Bonchev–Trinajstić information content (AvgIpc) is 3.22. The third kappa shape index (κ3) is 3.98. The van der Waals surface area contributed by atoms with Crippen LogP contribution in [-0.2, 0) is 6.54 Å². The van der Waals surface area contributed by atoms with Gasteiger partial charge in [0.1, 0.15) is 5.75 Å². The van der Waals surface area contributed by atoms with E-state index in [1.54, 1.807) is 23.8 Å². The van der Waals surface area contributed by atoms with Crippen LogP contribution in [0.5, 0.6) is 5.75 Å². The van der Waals surface area contributed by atoms with Crippen molar-refractivity contribution in [3.05, 3.63) is 76.2 Å². The van der Waals surface area contributed by atoms with E-state index in [1.807, 2.05) is 48.5 Å². The summed E-state index contributed by atoms with van der Waals surface area (Å²) in [7, 11) is 1.64. The molecule has 154 valence electrons. The van der Waals surface area contributed by atoms with Crippen molar-refractivity contribution in [2.75, 3.05) is 7.11 Å². The molecule has 0 bridgehead atoms. The van der Waals surface area contributed by atoms with E-state index < -0.39 is 0 Å². The SMILES string of the molecule is CCCCCn1c(-c2ccc(OC)cc2)cc(=O)n2cc(-c3ccc(Cl)cc3)nc12. The Kier molecular flexibility index (Phi) is 5.91. The highest BCUT2D eigenvalue weighted by Gasteiger charge is 2.15. The first kappa shape index (κ1) is 20.2. The smallest absolute Gasteiger partial charge is 0.259 e. The summed E-state index contributed by atoms with van der Waals surface area (Å²) in [6, 6.07) is 17.0. The Morgan fingerprint density at radius 3 is 2.37 bits per heavy atom. The molecule has 0 aliphatic heterocycles. The van der Waals surface area contributed by atoms with Crippen LogP contribution in [0.15, 0.2) is 65.6 Å². The fraction of sp³-hybridized carbons (Fsp3) is 0.250. The Bertz CT molecular complexity index is 1210. The fourth-order valence-electron chi connectivity index (χ4n) is 3.60. The minimum absolute atomic E-state index is 0.102. The van der Waals surface area contributed by atoms with E-state index in [0.29, 0.717) is 10.8 Å². The molecule has 0 fully saturated rings. The molecule has 0 amide bonds. The number of methoxy groups -OCH3 is 1. The molecule has 0 saturated heterocycles. The fourth-order valence-corrected chi connectivity index (χ4v) is 3.72. The highest BCUT2D eigenvalue weighted by Crippen LogP contribution is 2.26. The highest BCUT2D eigenvalue weighted by molar-refractivity contribution is 6.30. The highest BCUT2D eigenvalue weighted by atomic mass is 35.5. The first-order valence-corrected chi connectivity index (χ1v) is 10.5. The maximum atomic E-state index is 12.9. The summed E-state index contributed by atoms with van der Waals surface area (Å²) in [5.74, 6) is 1.43. The predicted octanol–water partition coefficient (Wildman–Crippen LogP) is 5.68. The van der Waals surface area contributed by atoms with Gasteiger partial charge in [-0.3, -0.25) is 9.20 Å². The Hall–Kier alpha value is -3.05. The molecule has 30 heavy (non-hydrogen) atoms. The molecule has 0 aliphatic rings. The summed E-state index contributed by atoms with van der Waals surface area (Å²) in [6.07, 6.45) is 5.06. The lowest BCUT2D eigenvalue weighted by molar-refractivity contribution is 0.415. The largest absolute Gasteiger partial charge is 0.497 e. The van der Waals surface area contributed by atoms with E-state index in [2.05, 4.69) is 11.5 Å². The number of rotatable bonds is 7. The third-order valence-electron chi connectivity index (χ3n) is 5.23. The van der Waals surface area contributed by atoms with Crippen molar-refractivity contribution >= 4 is 17.4 Å². The van der Waals surface area contributed by atoms with E-state index in [-0.39, 0.29) is 5.56 Å². The van der Waals surface area contributed by atoms with Crippen molar-refractivity contribution in [3.8, 4) is 28.3 Å². The Balaban J connectivity index is 1.88. The van der Waals surface area contributed by atoms with Gasteiger partial charge in [-0.2, -0.15) is 0 Å². The maximum Gasteiger partial charge on any atom is 0.259 e. The van der Waals surface area contributed by atoms with E-state index >= 15 is 0 Å². The summed E-state index contributed by atoms with van der Waals surface area (Å²) in [5, 5.41) is 0.670. The molecule has 2 heterocycles. The van der Waals surface area contributed by atoms with Crippen molar-refractivity contribution in [1.82, 2.24) is 14.0 Å². The molecule has 4 rings (SSSR count). The molecule has 4 aromatic rings. The molecule has 0 radical (unpaired) electrons. The minimum atomic E-state index is -0.102. The van der Waals surface area contributed by atoms with Gasteiger partial charge in [0.25, 0.3) is 5.56 Å². The number of halogens is 1. The Morgan fingerprint density at radius 1 is 1.00 bits per heavy atom. The lowest BCUT2D eigenvalue weighted by Crippen LogP contribution is -2.18. The second kappa shape index (κ2) is 8.76. The number of unbranched alkanes of at least 4 members (excludes halogenated alkanes) is 2. The zero-order chi connectivity index (χ0) is 21.1. The van der Waals surface area contributed by atoms with Crippen molar-refractivity contribution in [2.45, 2.75) is 32.7 Å². The van der Waals surface area contributed by atoms with E-state index in [0.717, 1.165) is 54.1 Å². The number of nitrogens with zero attached hydrogens (tertiary/aromatic N) is 3. The van der Waals surface area contributed by atoms with Gasteiger partial charge in [0, 0.05) is 29.4 Å². The van der Waals surface area contributed by atoms with E-state index in [1.165, 1.54) is 0 Å². The van der Waals surface area contributed by atoms with Crippen LogP contribution in [0.1, 0.15) is 26.2 Å². The lowest BCUT2D eigenvalue weighted by atomic mass is 10.1. The maximum absolute atomic E-state index is 12.9. The molecule has 0 aliphatic carbocycles. The van der Waals surface area contributed by atoms with Gasteiger partial charge in [0.05, 0.1) is 18.5 Å². The van der Waals surface area contributed by atoms with Crippen LogP contribution >= 0.6 is 11.6 Å². The van der Waals surface area contributed by atoms with Crippen LogP contribution in [0.4, 0.5) is 0 Å². The van der Waals surface area contributed by atoms with Crippen LogP contribution in [-0.4, -0.2) is 21.1 Å². The molecule has 6 heteroatoms. The van der Waals surface area contributed by atoms with Gasteiger partial charge in [0.15, 0.2) is 0 Å². The third-order valence-corrected chi connectivity index (χ3v) is 5.48. The number of hydrogen-bond donors (Lipinski definition) is 0. The Morgan fingerprint density at radius 2 is 1.70 bits per heavy atom. The summed E-state index contributed by atoms with van der Waals surface area (Å²) in [6.45, 7) is 2.97. The van der Waals surface area contributed by atoms with Gasteiger partial charge < -0.3 is 9.30 Å². The number of benzene rings is 2. The summed E-state index contributed by atoms with van der Waals surface area (Å²) < 4.78 is 9.04. The van der Waals surface area contributed by atoms with Crippen molar-refractivity contribution < 1.29 is 4.74 Å². The molecule has 0 spiro atoms. The summed E-state index contributed by atoms with van der Waals surface area (Å²) in [5.41, 5.74) is 3.39. The zero-order valence-corrected chi connectivity index (χ0v) is 17.9. The van der Waals surface area contributed by atoms with Gasteiger partial charge in [0.2, 0.25) is 5.78 Å². The number of aromatic nitrogens is 3. The number of fused-ring (bicyclic) bond motifs is 1. The summed E-state index contributed by atoms with van der Waals surface area (Å²) in [4.78, 5) is 17.8. The standard InChI is InChI=1S/C24H24ClN3O2/c1-3-4-5-14-27-22(18-8-12-20(30-2)13-9-18)15-23(29)28-16-21(26-24(27)28)17-6-10-19(25)11-7-17/h6-13,15-16H,3-5,14H2,1-2H3. The lowest BCUT2D eigenvalue weighted by Gasteiger charge is -2.15. The predicted molar refractivity (Wildman–Crippen MR) is 121 cm³/mol. The van der Waals surface area contributed by atoms with Gasteiger partial charge in [-0.25, -0.2) is 4.98 Å². The quantitative estimate of drug-likeness (QED) is 0.360. The zero-order valence-electron chi connectivity index (χ0n) is 17.1. The van der Waals surface area contributed by atoms with Crippen LogP contribution in [0, 0.1) is 0 Å². The molecule has 2 aromatic heterocycles. The molecule has 0 saturated carbocycles. The van der Waals surface area contributed by atoms with Gasteiger partial charge in [-0.1, -0.05) is 43.5 Å². The number of hydrogen-bond acceptors (Lipinski definition) is 3. The summed E-state index contributed by atoms with van der Waals surface area (Å²) >= 11 is 6.02. The van der Waals surface area contributed by atoms with Crippen LogP contribution in [0.2, 0.25) is 5.02 Å². The second-order valence-corrected chi connectivity index (χ2v) is 7.69. The number of imidazole rings is 1. The van der Waals surface area contributed by atoms with E-state index in [4.69, 9.17) is 21.3 Å². The normalized spacial score (nSPS) is 11.2. The van der Waals surface area contributed by atoms with Crippen LogP contribution in [0.25, 0.3) is 28.3 Å². The topological polar surface area (TPSA) is 48.5 Å². The van der Waals surface area contributed by atoms with Crippen molar-refractivity contribution in [1.29, 1.82) is 0 Å². The van der Waals surface area contributed by atoms with Crippen LogP contribution in [0.3, 0.4) is 0 Å².